The molecule has 1 aromatic heterocycles. The summed E-state index contributed by atoms with van der Waals surface area (Å²) in [5, 5.41) is 3.97. The van der Waals surface area contributed by atoms with Crippen molar-refractivity contribution in [3.8, 4) is 5.75 Å². The van der Waals surface area contributed by atoms with Crippen LogP contribution in [0, 0.1) is 5.82 Å². The molecule has 0 amide bonds. The number of rotatable bonds is 6. The van der Waals surface area contributed by atoms with Crippen molar-refractivity contribution in [1.29, 1.82) is 0 Å². The smallest absolute Gasteiger partial charge is 0.164 e. The Labute approximate surface area is 117 Å². The number of nitrogens with two attached hydrogens (primary N) is 1. The molecule has 5 nitrogen and oxygen atoms in total. The van der Waals surface area contributed by atoms with Gasteiger partial charge in [-0.3, -0.25) is 4.68 Å². The van der Waals surface area contributed by atoms with E-state index in [9.17, 15) is 4.39 Å². The summed E-state index contributed by atoms with van der Waals surface area (Å²) in [6, 6.07) is 4.48. The van der Waals surface area contributed by atoms with Crippen molar-refractivity contribution < 1.29 is 9.13 Å². The summed E-state index contributed by atoms with van der Waals surface area (Å²) in [5.74, 6) is 1.06. The molecule has 0 aliphatic carbocycles. The number of aryl methyl sites for hydroxylation is 1. The van der Waals surface area contributed by atoms with Crippen LogP contribution in [0.3, 0.4) is 0 Å². The van der Waals surface area contributed by atoms with E-state index in [0.717, 1.165) is 12.0 Å². The van der Waals surface area contributed by atoms with Gasteiger partial charge in [0.05, 0.1) is 0 Å². The molecule has 0 bridgehead atoms. The number of hydrogen-bond donors (Lipinski definition) is 1. The molecule has 1 aromatic carbocycles. The molecule has 1 atom stereocenters. The first-order valence-electron chi connectivity index (χ1n) is 6.59. The molecule has 0 spiro atoms. The maximum Gasteiger partial charge on any atom is 0.164 e. The van der Waals surface area contributed by atoms with Crippen LogP contribution in [0.1, 0.15) is 24.7 Å². The zero-order valence-corrected chi connectivity index (χ0v) is 11.7. The Morgan fingerprint density at radius 3 is 2.90 bits per heavy atom. The second kappa shape index (κ2) is 6.47. The zero-order chi connectivity index (χ0) is 14.5. The minimum Gasteiger partial charge on any atom is -0.485 e. The molecule has 1 heterocycles. The molecule has 6 heteroatoms. The maximum absolute atomic E-state index is 13.4. The molecule has 0 saturated carbocycles. The first-order valence-corrected chi connectivity index (χ1v) is 6.59. The van der Waals surface area contributed by atoms with Gasteiger partial charge < -0.3 is 10.5 Å². The average molecular weight is 278 g/mol. The van der Waals surface area contributed by atoms with Crippen molar-refractivity contribution in [3.63, 3.8) is 0 Å². The fraction of sp³-hybridized carbons (Fsp3) is 0.429. The number of ether oxygens (including phenoxy) is 1. The van der Waals surface area contributed by atoms with Gasteiger partial charge in [-0.2, -0.15) is 5.10 Å². The van der Waals surface area contributed by atoms with Gasteiger partial charge in [-0.05, 0) is 36.6 Å². The number of benzene rings is 1. The van der Waals surface area contributed by atoms with Crippen LogP contribution in [0.5, 0.6) is 5.75 Å². The van der Waals surface area contributed by atoms with Crippen LogP contribution in [0.25, 0.3) is 0 Å². The van der Waals surface area contributed by atoms with Crippen molar-refractivity contribution in [2.75, 3.05) is 0 Å². The Kier molecular flexibility index (Phi) is 4.68. The Bertz CT molecular complexity index is 570. The molecular formula is C14H19FN4O. The van der Waals surface area contributed by atoms with E-state index < -0.39 is 0 Å². The van der Waals surface area contributed by atoms with E-state index in [1.54, 1.807) is 17.8 Å². The second-order valence-electron chi connectivity index (χ2n) is 4.71. The normalized spacial score (nSPS) is 12.4. The minimum atomic E-state index is -0.283. The summed E-state index contributed by atoms with van der Waals surface area (Å²) in [6.45, 7) is 2.29. The minimum absolute atomic E-state index is 0.00558. The lowest BCUT2D eigenvalue weighted by Crippen LogP contribution is -2.22. The van der Waals surface area contributed by atoms with Gasteiger partial charge in [-0.25, -0.2) is 9.37 Å². The van der Waals surface area contributed by atoms with E-state index in [0.29, 0.717) is 18.0 Å². The third kappa shape index (κ3) is 3.54. The first kappa shape index (κ1) is 14.5. The SMILES string of the molecule is CCC(N)Cc1cc(F)ccc1OCc1ncnn1C. The Hall–Kier alpha value is -1.95. The highest BCUT2D eigenvalue weighted by Gasteiger charge is 2.10. The largest absolute Gasteiger partial charge is 0.485 e. The van der Waals surface area contributed by atoms with Gasteiger partial charge in [-0.1, -0.05) is 6.92 Å². The number of hydrogen-bond acceptors (Lipinski definition) is 4. The summed E-state index contributed by atoms with van der Waals surface area (Å²) >= 11 is 0. The van der Waals surface area contributed by atoms with Crippen LogP contribution < -0.4 is 10.5 Å². The summed E-state index contributed by atoms with van der Waals surface area (Å²) in [7, 11) is 1.80. The molecule has 1 unspecified atom stereocenters. The van der Waals surface area contributed by atoms with Crippen molar-refractivity contribution in [2.45, 2.75) is 32.4 Å². The van der Waals surface area contributed by atoms with Crippen LogP contribution in [0.2, 0.25) is 0 Å². The lowest BCUT2D eigenvalue weighted by molar-refractivity contribution is 0.285. The van der Waals surface area contributed by atoms with Crippen LogP contribution in [-0.4, -0.2) is 20.8 Å². The molecule has 2 aromatic rings. The third-order valence-corrected chi connectivity index (χ3v) is 3.19. The summed E-state index contributed by atoms with van der Waals surface area (Å²) in [5.41, 5.74) is 6.71. The second-order valence-corrected chi connectivity index (χ2v) is 4.71. The van der Waals surface area contributed by atoms with Gasteiger partial charge in [0.15, 0.2) is 5.82 Å². The molecule has 108 valence electrons. The standard InChI is InChI=1S/C14H19FN4O/c1-3-12(16)7-10-6-11(15)4-5-13(10)20-8-14-17-9-18-19(14)2/h4-6,9,12H,3,7-8,16H2,1-2H3. The van der Waals surface area contributed by atoms with Gasteiger partial charge in [-0.15, -0.1) is 0 Å². The van der Waals surface area contributed by atoms with Crippen LogP contribution in [0.15, 0.2) is 24.5 Å². The topological polar surface area (TPSA) is 66.0 Å². The third-order valence-electron chi connectivity index (χ3n) is 3.19. The monoisotopic (exact) mass is 278 g/mol. The van der Waals surface area contributed by atoms with E-state index in [4.69, 9.17) is 10.5 Å². The van der Waals surface area contributed by atoms with Crippen LogP contribution in [0.4, 0.5) is 4.39 Å². The van der Waals surface area contributed by atoms with Gasteiger partial charge in [0.1, 0.15) is 24.5 Å². The molecule has 0 saturated heterocycles. The highest BCUT2D eigenvalue weighted by Crippen LogP contribution is 2.22. The predicted molar refractivity (Wildman–Crippen MR) is 73.7 cm³/mol. The van der Waals surface area contributed by atoms with Crippen LogP contribution >= 0.6 is 0 Å². The maximum atomic E-state index is 13.4. The number of aromatic nitrogens is 3. The van der Waals surface area contributed by atoms with E-state index >= 15 is 0 Å². The fourth-order valence-electron chi connectivity index (χ4n) is 1.87. The van der Waals surface area contributed by atoms with Crippen molar-refractivity contribution in [2.24, 2.45) is 12.8 Å². The molecule has 2 N–H and O–H groups in total. The zero-order valence-electron chi connectivity index (χ0n) is 11.7. The number of halogens is 1. The summed E-state index contributed by atoms with van der Waals surface area (Å²) < 4.78 is 20.7. The van der Waals surface area contributed by atoms with E-state index in [-0.39, 0.29) is 18.5 Å². The average Bonchev–Trinajstić information content (AvgIpc) is 2.83. The van der Waals surface area contributed by atoms with Crippen molar-refractivity contribution in [1.82, 2.24) is 14.8 Å². The molecule has 2 rings (SSSR count). The quantitative estimate of drug-likeness (QED) is 0.875. The molecule has 0 fully saturated rings. The summed E-state index contributed by atoms with van der Waals surface area (Å²) in [4.78, 5) is 4.08. The molecule has 0 aliphatic heterocycles. The Morgan fingerprint density at radius 2 is 2.25 bits per heavy atom. The van der Waals surface area contributed by atoms with Gasteiger partial charge >= 0.3 is 0 Å². The molecule has 20 heavy (non-hydrogen) atoms. The molecule has 0 aliphatic rings. The molecule has 0 radical (unpaired) electrons. The van der Waals surface area contributed by atoms with Gasteiger partial charge in [0.25, 0.3) is 0 Å². The summed E-state index contributed by atoms with van der Waals surface area (Å²) in [6.07, 6.45) is 2.89. The van der Waals surface area contributed by atoms with Crippen molar-refractivity contribution >= 4 is 0 Å². The van der Waals surface area contributed by atoms with E-state index in [1.807, 2.05) is 6.92 Å². The van der Waals surface area contributed by atoms with Gasteiger partial charge in [0, 0.05) is 13.1 Å². The Balaban J connectivity index is 2.12. The lowest BCUT2D eigenvalue weighted by Gasteiger charge is -2.14. The number of nitrogens with zero attached hydrogens (tertiary/aromatic N) is 3. The van der Waals surface area contributed by atoms with E-state index in [2.05, 4.69) is 10.1 Å². The highest BCUT2D eigenvalue weighted by molar-refractivity contribution is 5.34. The van der Waals surface area contributed by atoms with Crippen LogP contribution in [-0.2, 0) is 20.1 Å². The highest BCUT2D eigenvalue weighted by atomic mass is 19.1. The predicted octanol–water partition coefficient (Wildman–Crippen LogP) is 1.81. The first-order chi connectivity index (χ1) is 9.60. The lowest BCUT2D eigenvalue weighted by atomic mass is 10.0. The van der Waals surface area contributed by atoms with Gasteiger partial charge in [0.2, 0.25) is 0 Å². The van der Waals surface area contributed by atoms with Crippen molar-refractivity contribution in [3.05, 3.63) is 41.7 Å². The molecular weight excluding hydrogens is 259 g/mol. The fourth-order valence-corrected chi connectivity index (χ4v) is 1.87. The Morgan fingerprint density at radius 1 is 1.45 bits per heavy atom. The van der Waals surface area contributed by atoms with E-state index in [1.165, 1.54) is 18.5 Å².